The lowest BCUT2D eigenvalue weighted by Crippen LogP contribution is -2.45. The number of aromatic hydroxyl groups is 1. The smallest absolute Gasteiger partial charge is 0.283 e. The third kappa shape index (κ3) is 3.50. The predicted molar refractivity (Wildman–Crippen MR) is 98.8 cm³/mol. The lowest BCUT2D eigenvalue weighted by atomic mass is 10.2. The number of azo groups is 1. The van der Waals surface area contributed by atoms with E-state index in [1.54, 1.807) is 48.5 Å². The third-order valence-corrected chi connectivity index (χ3v) is 4.14. The molecule has 1 atom stereocenters. The Bertz CT molecular complexity index is 1080. The first kappa shape index (κ1) is 17.5. The highest BCUT2D eigenvalue weighted by molar-refractivity contribution is 5.94. The summed E-state index contributed by atoms with van der Waals surface area (Å²) in [7, 11) is 0. The zero-order valence-electron chi connectivity index (χ0n) is 14.6. The van der Waals surface area contributed by atoms with Crippen LogP contribution in [0.25, 0.3) is 10.9 Å². The molecule has 0 aliphatic carbocycles. The number of H-pyrrole nitrogens is 1. The average Bonchev–Trinajstić information content (AvgIpc) is 3.05. The molecular weight excluding hydrogens is 364 g/mol. The number of nitrogens with zero attached hydrogens (tertiary/aromatic N) is 2. The summed E-state index contributed by atoms with van der Waals surface area (Å²) in [4.78, 5) is 26.9. The number of carbonyl (C=O) groups is 2. The molecule has 3 N–H and O–H groups in total. The number of para-hydroxylation sites is 3. The maximum Gasteiger partial charge on any atom is 0.283 e. The Kier molecular flexibility index (Phi) is 4.63. The van der Waals surface area contributed by atoms with Crippen molar-refractivity contribution >= 4 is 28.4 Å². The van der Waals surface area contributed by atoms with Gasteiger partial charge in [-0.15, -0.1) is 10.2 Å². The fourth-order valence-corrected chi connectivity index (χ4v) is 2.78. The number of aromatic amines is 1. The van der Waals surface area contributed by atoms with E-state index in [0.717, 1.165) is 0 Å². The molecule has 0 fully saturated rings. The molecule has 4 rings (SSSR count). The Hall–Kier alpha value is -3.88. The van der Waals surface area contributed by atoms with Crippen LogP contribution in [-0.2, 0) is 9.59 Å². The number of hydrogen-bond acceptors (Lipinski definition) is 6. The first-order valence-electron chi connectivity index (χ1n) is 8.52. The number of amides is 2. The van der Waals surface area contributed by atoms with Crippen LogP contribution in [0.5, 0.6) is 17.4 Å². The maximum absolute atomic E-state index is 12.2. The number of nitrogens with one attached hydrogen (secondary N) is 2. The van der Waals surface area contributed by atoms with Crippen LogP contribution in [0.15, 0.2) is 58.8 Å². The summed E-state index contributed by atoms with van der Waals surface area (Å²) in [6.45, 7) is -0.311. The van der Waals surface area contributed by atoms with Crippen LogP contribution in [0.4, 0.5) is 5.69 Å². The van der Waals surface area contributed by atoms with Crippen molar-refractivity contribution in [1.29, 1.82) is 0 Å². The first-order chi connectivity index (χ1) is 13.6. The molecule has 9 nitrogen and oxygen atoms in total. The summed E-state index contributed by atoms with van der Waals surface area (Å²) in [5.41, 5.74) is 0.834. The minimum atomic E-state index is -0.864. The van der Waals surface area contributed by atoms with Crippen molar-refractivity contribution in [1.82, 2.24) is 10.3 Å². The van der Waals surface area contributed by atoms with E-state index in [1.807, 2.05) is 0 Å². The van der Waals surface area contributed by atoms with Crippen molar-refractivity contribution in [3.63, 3.8) is 0 Å². The summed E-state index contributed by atoms with van der Waals surface area (Å²) in [6, 6.07) is 14.1. The zero-order chi connectivity index (χ0) is 19.5. The third-order valence-electron chi connectivity index (χ3n) is 4.14. The molecule has 0 saturated heterocycles. The Balaban J connectivity index is 1.35. The molecule has 0 spiro atoms. The molecule has 2 heterocycles. The molecule has 0 unspecified atom stereocenters. The van der Waals surface area contributed by atoms with Crippen LogP contribution >= 0.6 is 0 Å². The van der Waals surface area contributed by atoms with Crippen molar-refractivity contribution in [3.8, 4) is 17.4 Å². The number of benzene rings is 2. The molecule has 2 amide bonds. The molecule has 2 aromatic carbocycles. The van der Waals surface area contributed by atoms with Gasteiger partial charge in [0, 0.05) is 5.39 Å². The Labute approximate surface area is 159 Å². The van der Waals surface area contributed by atoms with Gasteiger partial charge in [-0.2, -0.15) is 0 Å². The minimum Gasteiger partial charge on any atom is -0.493 e. The molecule has 142 valence electrons. The van der Waals surface area contributed by atoms with E-state index in [9.17, 15) is 14.7 Å². The van der Waals surface area contributed by atoms with Crippen LogP contribution in [0.3, 0.4) is 0 Å². The lowest BCUT2D eigenvalue weighted by molar-refractivity contribution is -0.132. The standard InChI is InChI=1S/C19H16N4O5/c24-16(22-23-17-11-5-1-2-6-12(11)21-19(17)26)9-20-18(25)15-10-27-13-7-3-4-8-14(13)28-15/h1-8,15,21,26H,9-10H2,(H,20,25)/t15-/m1/s1. The summed E-state index contributed by atoms with van der Waals surface area (Å²) >= 11 is 0. The van der Waals surface area contributed by atoms with Crippen molar-refractivity contribution in [2.75, 3.05) is 13.2 Å². The van der Waals surface area contributed by atoms with Gasteiger partial charge in [-0.1, -0.05) is 30.3 Å². The highest BCUT2D eigenvalue weighted by Crippen LogP contribution is 2.35. The summed E-state index contributed by atoms with van der Waals surface area (Å²) in [5.74, 6) is -0.318. The number of fused-ring (bicyclic) bond motifs is 2. The van der Waals surface area contributed by atoms with Gasteiger partial charge < -0.3 is 24.9 Å². The maximum atomic E-state index is 12.2. The second-order valence-corrected chi connectivity index (χ2v) is 6.04. The average molecular weight is 380 g/mol. The summed E-state index contributed by atoms with van der Waals surface area (Å²) in [5, 5.41) is 20.3. The van der Waals surface area contributed by atoms with Gasteiger partial charge in [0.25, 0.3) is 11.8 Å². The van der Waals surface area contributed by atoms with Gasteiger partial charge in [0.15, 0.2) is 17.2 Å². The van der Waals surface area contributed by atoms with E-state index in [0.29, 0.717) is 22.4 Å². The van der Waals surface area contributed by atoms with Gasteiger partial charge in [-0.3, -0.25) is 9.59 Å². The molecule has 1 aliphatic rings. The van der Waals surface area contributed by atoms with Crippen molar-refractivity contribution in [3.05, 3.63) is 48.5 Å². The molecule has 1 aromatic heterocycles. The van der Waals surface area contributed by atoms with E-state index in [2.05, 4.69) is 20.5 Å². The number of ether oxygens (including phenoxy) is 2. The summed E-state index contributed by atoms with van der Waals surface area (Å²) in [6.07, 6.45) is -0.864. The predicted octanol–water partition coefficient (Wildman–Crippen LogP) is 2.44. The van der Waals surface area contributed by atoms with Crippen molar-refractivity contribution in [2.45, 2.75) is 6.10 Å². The number of aromatic nitrogens is 1. The molecule has 3 aromatic rings. The van der Waals surface area contributed by atoms with Gasteiger partial charge in [-0.25, -0.2) is 0 Å². The van der Waals surface area contributed by atoms with Crippen molar-refractivity contribution < 1.29 is 24.2 Å². The van der Waals surface area contributed by atoms with E-state index in [-0.39, 0.29) is 24.7 Å². The van der Waals surface area contributed by atoms with Crippen LogP contribution < -0.4 is 14.8 Å². The number of carbonyl (C=O) groups excluding carboxylic acids is 2. The monoisotopic (exact) mass is 380 g/mol. The van der Waals surface area contributed by atoms with Gasteiger partial charge in [-0.05, 0) is 18.2 Å². The van der Waals surface area contributed by atoms with Crippen LogP contribution in [0.1, 0.15) is 0 Å². The molecule has 0 bridgehead atoms. The highest BCUT2D eigenvalue weighted by Gasteiger charge is 2.27. The molecule has 1 aliphatic heterocycles. The van der Waals surface area contributed by atoms with Crippen molar-refractivity contribution in [2.24, 2.45) is 10.2 Å². The quantitative estimate of drug-likeness (QED) is 0.600. The highest BCUT2D eigenvalue weighted by atomic mass is 16.6. The number of hydrogen-bond donors (Lipinski definition) is 3. The van der Waals surface area contributed by atoms with E-state index in [1.165, 1.54) is 0 Å². The largest absolute Gasteiger partial charge is 0.493 e. The Morgan fingerprint density at radius 2 is 1.89 bits per heavy atom. The van der Waals surface area contributed by atoms with E-state index >= 15 is 0 Å². The van der Waals surface area contributed by atoms with Crippen LogP contribution in [-0.4, -0.2) is 41.2 Å². The SMILES string of the molecule is O=C(CNC(=O)[C@H]1COc2ccccc2O1)N=Nc1c(O)[nH]c2ccccc12. The summed E-state index contributed by atoms with van der Waals surface area (Å²) < 4.78 is 11.0. The topological polar surface area (TPSA) is 125 Å². The molecule has 0 radical (unpaired) electrons. The second-order valence-electron chi connectivity index (χ2n) is 6.04. The Morgan fingerprint density at radius 1 is 1.14 bits per heavy atom. The van der Waals surface area contributed by atoms with Gasteiger partial charge in [0.05, 0.1) is 5.52 Å². The molecular formula is C19H16N4O5. The van der Waals surface area contributed by atoms with Crippen LogP contribution in [0.2, 0.25) is 0 Å². The fraction of sp³-hybridized carbons (Fsp3) is 0.158. The van der Waals surface area contributed by atoms with E-state index < -0.39 is 17.9 Å². The minimum absolute atomic E-state index is 0.0434. The molecule has 9 heteroatoms. The zero-order valence-corrected chi connectivity index (χ0v) is 14.6. The van der Waals surface area contributed by atoms with Gasteiger partial charge in [0.2, 0.25) is 12.0 Å². The fourth-order valence-electron chi connectivity index (χ4n) is 2.78. The lowest BCUT2D eigenvalue weighted by Gasteiger charge is -2.25. The normalized spacial score (nSPS) is 15.6. The molecule has 28 heavy (non-hydrogen) atoms. The van der Waals surface area contributed by atoms with Gasteiger partial charge in [0.1, 0.15) is 13.2 Å². The van der Waals surface area contributed by atoms with Crippen LogP contribution in [0, 0.1) is 0 Å². The molecule has 0 saturated carbocycles. The van der Waals surface area contributed by atoms with E-state index in [4.69, 9.17) is 9.47 Å². The second kappa shape index (κ2) is 7.39. The van der Waals surface area contributed by atoms with Gasteiger partial charge >= 0.3 is 0 Å². The Morgan fingerprint density at radius 3 is 2.75 bits per heavy atom. The first-order valence-corrected chi connectivity index (χ1v) is 8.52. The number of rotatable bonds is 4.